The molecular formula is C13H23N3O. The van der Waals surface area contributed by atoms with Gasteiger partial charge in [-0.2, -0.15) is 5.10 Å². The van der Waals surface area contributed by atoms with Gasteiger partial charge in [0, 0.05) is 25.9 Å². The molecule has 1 N–H and O–H groups in total. The van der Waals surface area contributed by atoms with Crippen LogP contribution in [0.25, 0.3) is 0 Å². The molecule has 1 aliphatic rings. The lowest BCUT2D eigenvalue weighted by atomic mass is 10.0. The summed E-state index contributed by atoms with van der Waals surface area (Å²) in [6, 6.07) is 0.507. The Morgan fingerprint density at radius 3 is 3.12 bits per heavy atom. The number of aromatic nitrogens is 2. The smallest absolute Gasteiger partial charge is 0.0590 e. The van der Waals surface area contributed by atoms with E-state index in [1.807, 2.05) is 17.9 Å². The van der Waals surface area contributed by atoms with Gasteiger partial charge in [-0.15, -0.1) is 0 Å². The van der Waals surface area contributed by atoms with Gasteiger partial charge >= 0.3 is 0 Å². The van der Waals surface area contributed by atoms with Gasteiger partial charge in [0.15, 0.2) is 0 Å². The molecule has 2 heterocycles. The SMILES string of the molecule is CCNC(Cc1cnn(C)c1)CC1CCCO1. The van der Waals surface area contributed by atoms with Gasteiger partial charge in [-0.3, -0.25) is 4.68 Å². The lowest BCUT2D eigenvalue weighted by molar-refractivity contribution is 0.0948. The van der Waals surface area contributed by atoms with Gasteiger partial charge in [0.2, 0.25) is 0 Å². The molecule has 0 amide bonds. The number of nitrogens with zero attached hydrogens (tertiary/aromatic N) is 2. The molecular weight excluding hydrogens is 214 g/mol. The summed E-state index contributed by atoms with van der Waals surface area (Å²) in [6.07, 6.45) is 9.10. The van der Waals surface area contributed by atoms with Gasteiger partial charge in [-0.05, 0) is 37.8 Å². The lowest BCUT2D eigenvalue weighted by Gasteiger charge is -2.20. The second-order valence-electron chi connectivity index (χ2n) is 4.85. The maximum absolute atomic E-state index is 5.71. The van der Waals surface area contributed by atoms with E-state index in [0.717, 1.165) is 26.0 Å². The van der Waals surface area contributed by atoms with Crippen LogP contribution in [0.3, 0.4) is 0 Å². The Bertz CT molecular complexity index is 331. The van der Waals surface area contributed by atoms with Crippen LogP contribution in [0, 0.1) is 0 Å². The molecule has 96 valence electrons. The van der Waals surface area contributed by atoms with Gasteiger partial charge in [-0.1, -0.05) is 6.92 Å². The standard InChI is InChI=1S/C13H23N3O/c1-3-14-12(8-13-5-4-6-17-13)7-11-9-15-16(2)10-11/h9-10,12-14H,3-8H2,1-2H3. The number of hydrogen-bond donors (Lipinski definition) is 1. The van der Waals surface area contributed by atoms with Crippen LogP contribution in [0.1, 0.15) is 31.7 Å². The molecule has 2 rings (SSSR count). The Kier molecular flexibility index (Phi) is 4.57. The van der Waals surface area contributed by atoms with Crippen molar-refractivity contribution in [1.82, 2.24) is 15.1 Å². The van der Waals surface area contributed by atoms with Crippen molar-refractivity contribution >= 4 is 0 Å². The van der Waals surface area contributed by atoms with Crippen LogP contribution >= 0.6 is 0 Å². The molecule has 17 heavy (non-hydrogen) atoms. The molecule has 4 nitrogen and oxygen atoms in total. The summed E-state index contributed by atoms with van der Waals surface area (Å²) in [5.74, 6) is 0. The Labute approximate surface area is 103 Å². The monoisotopic (exact) mass is 237 g/mol. The second kappa shape index (κ2) is 6.17. The van der Waals surface area contributed by atoms with Crippen LogP contribution in [0.5, 0.6) is 0 Å². The molecule has 4 heteroatoms. The van der Waals surface area contributed by atoms with Gasteiger partial charge in [0.05, 0.1) is 12.3 Å². The first-order chi connectivity index (χ1) is 8.28. The highest BCUT2D eigenvalue weighted by Gasteiger charge is 2.20. The van der Waals surface area contributed by atoms with Crippen LogP contribution in [0.2, 0.25) is 0 Å². The average Bonchev–Trinajstić information content (AvgIpc) is 2.91. The minimum Gasteiger partial charge on any atom is -0.378 e. The minimum atomic E-state index is 0.454. The average molecular weight is 237 g/mol. The van der Waals surface area contributed by atoms with Crippen LogP contribution < -0.4 is 5.32 Å². The van der Waals surface area contributed by atoms with Crippen molar-refractivity contribution in [2.24, 2.45) is 7.05 Å². The lowest BCUT2D eigenvalue weighted by Crippen LogP contribution is -2.34. The summed E-state index contributed by atoms with van der Waals surface area (Å²) in [4.78, 5) is 0. The molecule has 0 bridgehead atoms. The number of rotatable bonds is 6. The van der Waals surface area contributed by atoms with Crippen LogP contribution in [0.15, 0.2) is 12.4 Å². The van der Waals surface area contributed by atoms with E-state index >= 15 is 0 Å². The summed E-state index contributed by atoms with van der Waals surface area (Å²) in [7, 11) is 1.96. The van der Waals surface area contributed by atoms with E-state index in [4.69, 9.17) is 4.74 Å². The first kappa shape index (κ1) is 12.6. The third-order valence-electron chi connectivity index (χ3n) is 3.30. The largest absolute Gasteiger partial charge is 0.378 e. The van der Waals surface area contributed by atoms with Crippen molar-refractivity contribution < 1.29 is 4.74 Å². The van der Waals surface area contributed by atoms with Crippen LogP contribution in [-0.4, -0.2) is 35.1 Å². The Morgan fingerprint density at radius 2 is 2.53 bits per heavy atom. The Balaban J connectivity index is 1.87. The molecule has 1 fully saturated rings. The van der Waals surface area contributed by atoms with E-state index in [0.29, 0.717) is 12.1 Å². The second-order valence-corrected chi connectivity index (χ2v) is 4.85. The van der Waals surface area contributed by atoms with Gasteiger partial charge in [-0.25, -0.2) is 0 Å². The topological polar surface area (TPSA) is 39.1 Å². The highest BCUT2D eigenvalue weighted by Crippen LogP contribution is 2.18. The highest BCUT2D eigenvalue weighted by molar-refractivity contribution is 5.06. The zero-order valence-corrected chi connectivity index (χ0v) is 10.9. The molecule has 0 saturated carbocycles. The van der Waals surface area contributed by atoms with E-state index in [9.17, 15) is 0 Å². The summed E-state index contributed by atoms with van der Waals surface area (Å²) in [5, 5.41) is 7.77. The predicted molar refractivity (Wildman–Crippen MR) is 68.0 cm³/mol. The zero-order valence-electron chi connectivity index (χ0n) is 10.9. The molecule has 2 unspecified atom stereocenters. The van der Waals surface area contributed by atoms with Gasteiger partial charge in [0.25, 0.3) is 0 Å². The van der Waals surface area contributed by atoms with Crippen molar-refractivity contribution in [3.05, 3.63) is 18.0 Å². The van der Waals surface area contributed by atoms with E-state index in [2.05, 4.69) is 23.5 Å². The molecule has 1 aliphatic heterocycles. The zero-order chi connectivity index (χ0) is 12.1. The van der Waals surface area contributed by atoms with Crippen molar-refractivity contribution in [2.75, 3.05) is 13.2 Å². The van der Waals surface area contributed by atoms with Crippen molar-refractivity contribution in [3.8, 4) is 0 Å². The van der Waals surface area contributed by atoms with Crippen molar-refractivity contribution in [2.45, 2.75) is 44.8 Å². The maximum Gasteiger partial charge on any atom is 0.0590 e. The van der Waals surface area contributed by atoms with Crippen LogP contribution in [-0.2, 0) is 18.2 Å². The number of nitrogens with one attached hydrogen (secondary N) is 1. The molecule has 0 aliphatic carbocycles. The number of ether oxygens (including phenoxy) is 1. The third kappa shape index (κ3) is 3.82. The minimum absolute atomic E-state index is 0.454. The number of hydrogen-bond acceptors (Lipinski definition) is 3. The predicted octanol–water partition coefficient (Wildman–Crippen LogP) is 1.51. The maximum atomic E-state index is 5.71. The quantitative estimate of drug-likeness (QED) is 0.815. The Hall–Kier alpha value is -0.870. The van der Waals surface area contributed by atoms with Gasteiger partial charge < -0.3 is 10.1 Å². The van der Waals surface area contributed by atoms with E-state index < -0.39 is 0 Å². The van der Waals surface area contributed by atoms with E-state index in [-0.39, 0.29) is 0 Å². The van der Waals surface area contributed by atoms with Crippen LogP contribution in [0.4, 0.5) is 0 Å². The van der Waals surface area contributed by atoms with Crippen molar-refractivity contribution in [1.29, 1.82) is 0 Å². The summed E-state index contributed by atoms with van der Waals surface area (Å²) in [6.45, 7) is 4.11. The molecule has 0 aromatic carbocycles. The molecule has 1 aromatic rings. The first-order valence-electron chi connectivity index (χ1n) is 6.60. The summed E-state index contributed by atoms with van der Waals surface area (Å²) in [5.41, 5.74) is 1.30. The van der Waals surface area contributed by atoms with E-state index in [1.165, 1.54) is 18.4 Å². The molecule has 0 radical (unpaired) electrons. The first-order valence-corrected chi connectivity index (χ1v) is 6.60. The molecule has 2 atom stereocenters. The third-order valence-corrected chi connectivity index (χ3v) is 3.30. The number of likely N-dealkylation sites (N-methyl/N-ethyl adjacent to an activating group) is 1. The van der Waals surface area contributed by atoms with Gasteiger partial charge in [0.1, 0.15) is 0 Å². The molecule has 1 saturated heterocycles. The Morgan fingerprint density at radius 1 is 1.65 bits per heavy atom. The fourth-order valence-corrected chi connectivity index (χ4v) is 2.54. The highest BCUT2D eigenvalue weighted by atomic mass is 16.5. The fraction of sp³-hybridized carbons (Fsp3) is 0.769. The summed E-state index contributed by atoms with van der Waals surface area (Å²) >= 11 is 0. The van der Waals surface area contributed by atoms with E-state index in [1.54, 1.807) is 0 Å². The number of aryl methyl sites for hydroxylation is 1. The molecule has 0 spiro atoms. The normalized spacial score (nSPS) is 21.9. The fourth-order valence-electron chi connectivity index (χ4n) is 2.54. The van der Waals surface area contributed by atoms with Crippen molar-refractivity contribution in [3.63, 3.8) is 0 Å². The summed E-state index contributed by atoms with van der Waals surface area (Å²) < 4.78 is 7.58. The molecule has 1 aromatic heterocycles.